The summed E-state index contributed by atoms with van der Waals surface area (Å²) in [7, 11) is 0. The molecule has 0 spiro atoms. The lowest BCUT2D eigenvalue weighted by atomic mass is 9.95. The Bertz CT molecular complexity index is 862. The number of para-hydroxylation sites is 1. The van der Waals surface area contributed by atoms with E-state index < -0.39 is 34.4 Å². The van der Waals surface area contributed by atoms with Gasteiger partial charge in [-0.1, -0.05) is 34.1 Å². The van der Waals surface area contributed by atoms with Crippen molar-refractivity contribution in [1.29, 1.82) is 0 Å². The maximum Gasteiger partial charge on any atom is 0.342 e. The maximum absolute atomic E-state index is 12.0. The predicted octanol–water partition coefficient (Wildman–Crippen LogP) is 1.79. The third kappa shape index (κ3) is 3.25. The normalized spacial score (nSPS) is 10.4. The number of H-pyrrole nitrogens is 1. The molecule has 0 radical (unpaired) electrons. The van der Waals surface area contributed by atoms with Crippen LogP contribution in [0.5, 0.6) is 5.75 Å². The summed E-state index contributed by atoms with van der Waals surface area (Å²) >= 11 is 3.20. The van der Waals surface area contributed by atoms with Gasteiger partial charge in [0, 0.05) is 16.5 Å². The average molecular weight is 397 g/mol. The highest BCUT2D eigenvalue weighted by atomic mass is 79.9. The number of carboxylic acid groups (broad SMARTS) is 2. The maximum atomic E-state index is 12.0. The van der Waals surface area contributed by atoms with E-state index in [4.69, 9.17) is 10.5 Å². The highest BCUT2D eigenvalue weighted by Gasteiger charge is 2.28. The molecule has 0 aliphatic rings. The second-order valence-corrected chi connectivity index (χ2v) is 5.43. The number of hydrogen-bond acceptors (Lipinski definition) is 5. The van der Waals surface area contributed by atoms with Crippen LogP contribution in [0.15, 0.2) is 29.1 Å². The van der Waals surface area contributed by atoms with Crippen LogP contribution in [0, 0.1) is 0 Å². The summed E-state index contributed by atoms with van der Waals surface area (Å²) in [5.74, 6) is -3.21. The van der Waals surface area contributed by atoms with Gasteiger partial charge in [-0.2, -0.15) is 0 Å². The lowest BCUT2D eigenvalue weighted by Gasteiger charge is -2.15. The number of carboxylic acids is 2. The van der Waals surface area contributed by atoms with E-state index in [0.29, 0.717) is 5.33 Å². The van der Waals surface area contributed by atoms with Crippen LogP contribution >= 0.6 is 15.9 Å². The molecule has 0 amide bonds. The van der Waals surface area contributed by atoms with Gasteiger partial charge in [-0.15, -0.1) is 0 Å². The monoisotopic (exact) mass is 396 g/mol. The van der Waals surface area contributed by atoms with Crippen LogP contribution < -0.4 is 16.0 Å². The number of alkyl halides is 1. The molecule has 2 aromatic rings. The van der Waals surface area contributed by atoms with Gasteiger partial charge in [0.25, 0.3) is 5.56 Å². The second-order valence-electron chi connectivity index (χ2n) is 4.64. The molecule has 2 rings (SSSR count). The highest BCUT2D eigenvalue weighted by Crippen LogP contribution is 2.35. The van der Waals surface area contributed by atoms with Crippen LogP contribution in [0.1, 0.15) is 20.7 Å². The molecule has 0 aliphatic heterocycles. The van der Waals surface area contributed by atoms with Gasteiger partial charge in [0.05, 0.1) is 6.61 Å². The lowest BCUT2D eigenvalue weighted by Crippen LogP contribution is -2.24. The summed E-state index contributed by atoms with van der Waals surface area (Å²) in [5, 5.41) is 19.3. The zero-order chi connectivity index (χ0) is 17.9. The van der Waals surface area contributed by atoms with E-state index in [2.05, 4.69) is 20.9 Å². The fourth-order valence-electron chi connectivity index (χ4n) is 2.26. The minimum absolute atomic E-state index is 0.158. The minimum Gasteiger partial charge on any atom is -0.492 e. The van der Waals surface area contributed by atoms with Gasteiger partial charge >= 0.3 is 11.9 Å². The van der Waals surface area contributed by atoms with Crippen LogP contribution in [0.2, 0.25) is 0 Å². The van der Waals surface area contributed by atoms with E-state index in [1.54, 1.807) is 18.2 Å². The van der Waals surface area contributed by atoms with Crippen LogP contribution in [-0.4, -0.2) is 39.1 Å². The Balaban J connectivity index is 2.90. The van der Waals surface area contributed by atoms with Crippen molar-refractivity contribution in [3.63, 3.8) is 0 Å². The lowest BCUT2D eigenvalue weighted by molar-refractivity contribution is 0.0695. The molecular weight excluding hydrogens is 384 g/mol. The number of pyridine rings is 1. The van der Waals surface area contributed by atoms with Gasteiger partial charge in [0.2, 0.25) is 0 Å². The van der Waals surface area contributed by atoms with Gasteiger partial charge < -0.3 is 25.7 Å². The zero-order valence-corrected chi connectivity index (χ0v) is 13.8. The molecule has 1 aromatic carbocycles. The van der Waals surface area contributed by atoms with E-state index in [0.717, 1.165) is 0 Å². The molecule has 0 saturated carbocycles. The average Bonchev–Trinajstić information content (AvgIpc) is 2.51. The fraction of sp³-hybridized carbons (Fsp3) is 0.133. The van der Waals surface area contributed by atoms with Crippen molar-refractivity contribution in [1.82, 2.24) is 4.98 Å². The smallest absolute Gasteiger partial charge is 0.342 e. The van der Waals surface area contributed by atoms with Crippen molar-refractivity contribution in [2.45, 2.75) is 0 Å². The third-order valence-electron chi connectivity index (χ3n) is 3.16. The summed E-state index contributed by atoms with van der Waals surface area (Å²) in [4.78, 5) is 37.2. The number of aromatic carboxylic acids is 2. The van der Waals surface area contributed by atoms with E-state index in [-0.39, 0.29) is 23.5 Å². The van der Waals surface area contributed by atoms with Gasteiger partial charge in [-0.25, -0.2) is 9.59 Å². The van der Waals surface area contributed by atoms with Crippen molar-refractivity contribution in [2.75, 3.05) is 17.7 Å². The number of aromatic amines is 1. The number of benzene rings is 1. The number of rotatable bonds is 6. The number of carbonyl (C=O) groups is 2. The Morgan fingerprint density at radius 3 is 2.38 bits per heavy atom. The van der Waals surface area contributed by atoms with Gasteiger partial charge in [-0.05, 0) is 6.07 Å². The molecule has 0 bridgehead atoms. The molecule has 1 aromatic heterocycles. The highest BCUT2D eigenvalue weighted by molar-refractivity contribution is 9.09. The molecular formula is C15H13BrN2O6. The number of nitrogens with two attached hydrogens (primary N) is 1. The molecule has 5 N–H and O–H groups in total. The molecule has 8 nitrogen and oxygen atoms in total. The van der Waals surface area contributed by atoms with Crippen molar-refractivity contribution in [2.24, 2.45) is 0 Å². The van der Waals surface area contributed by atoms with Gasteiger partial charge in [-0.3, -0.25) is 4.79 Å². The first-order valence-electron chi connectivity index (χ1n) is 6.69. The second kappa shape index (κ2) is 7.18. The quantitative estimate of drug-likeness (QED) is 0.544. The predicted molar refractivity (Wildman–Crippen MR) is 90.1 cm³/mol. The summed E-state index contributed by atoms with van der Waals surface area (Å²) in [5.41, 5.74) is 3.27. The van der Waals surface area contributed by atoms with Crippen LogP contribution in [0.4, 0.5) is 5.82 Å². The molecule has 1 heterocycles. The summed E-state index contributed by atoms with van der Waals surface area (Å²) in [6.45, 7) is 0.264. The topological polar surface area (TPSA) is 143 Å². The number of ether oxygens (including phenoxy) is 1. The van der Waals surface area contributed by atoms with Crippen molar-refractivity contribution < 1.29 is 24.5 Å². The molecule has 126 valence electrons. The summed E-state index contributed by atoms with van der Waals surface area (Å²) < 4.78 is 5.50. The standard InChI is InChI=1S/C15H13BrN2O6/c16-5-6-24-8-4-2-1-3-7(8)9-10(14(20)21)12(17)18-13(19)11(9)15(22)23/h1-4H,5-6H2,(H,20,21)(H,22,23)(H3,17,18,19). The van der Waals surface area contributed by atoms with E-state index in [1.165, 1.54) is 6.07 Å². The van der Waals surface area contributed by atoms with Crippen LogP contribution in [0.3, 0.4) is 0 Å². The molecule has 24 heavy (non-hydrogen) atoms. The first-order valence-corrected chi connectivity index (χ1v) is 7.81. The fourth-order valence-corrected chi connectivity index (χ4v) is 2.43. The Kier molecular flexibility index (Phi) is 5.24. The number of aromatic nitrogens is 1. The number of hydrogen-bond donors (Lipinski definition) is 4. The molecule has 0 saturated heterocycles. The minimum atomic E-state index is -1.57. The zero-order valence-electron chi connectivity index (χ0n) is 12.2. The largest absolute Gasteiger partial charge is 0.492 e. The number of anilines is 1. The third-order valence-corrected chi connectivity index (χ3v) is 3.49. The molecule has 0 aliphatic carbocycles. The van der Waals surface area contributed by atoms with Crippen molar-refractivity contribution in [3.8, 4) is 16.9 Å². The Hall–Kier alpha value is -2.81. The molecule has 0 fully saturated rings. The van der Waals surface area contributed by atoms with E-state index in [9.17, 15) is 24.6 Å². The Labute approximate surface area is 144 Å². The van der Waals surface area contributed by atoms with Crippen molar-refractivity contribution in [3.05, 3.63) is 45.7 Å². The first kappa shape index (κ1) is 17.5. The Morgan fingerprint density at radius 2 is 1.79 bits per heavy atom. The SMILES string of the molecule is Nc1[nH]c(=O)c(C(=O)O)c(-c2ccccc2OCCBr)c1C(=O)O. The van der Waals surface area contributed by atoms with E-state index in [1.807, 2.05) is 0 Å². The molecule has 0 unspecified atom stereocenters. The first-order chi connectivity index (χ1) is 11.4. The summed E-state index contributed by atoms with van der Waals surface area (Å²) in [6, 6.07) is 6.23. The number of nitrogen functional groups attached to an aromatic ring is 1. The summed E-state index contributed by atoms with van der Waals surface area (Å²) in [6.07, 6.45) is 0. The molecule has 9 heteroatoms. The van der Waals surface area contributed by atoms with Gasteiger partial charge in [0.15, 0.2) is 0 Å². The van der Waals surface area contributed by atoms with E-state index >= 15 is 0 Å². The van der Waals surface area contributed by atoms with Crippen LogP contribution in [-0.2, 0) is 0 Å². The van der Waals surface area contributed by atoms with Crippen LogP contribution in [0.25, 0.3) is 11.1 Å². The number of halogens is 1. The Morgan fingerprint density at radius 1 is 1.17 bits per heavy atom. The molecule has 0 atom stereocenters. The van der Waals surface area contributed by atoms with Crippen molar-refractivity contribution >= 4 is 33.7 Å². The number of nitrogens with one attached hydrogen (secondary N) is 1. The van der Waals surface area contributed by atoms with Gasteiger partial charge in [0.1, 0.15) is 22.7 Å².